The fourth-order valence-corrected chi connectivity index (χ4v) is 2.80. The van der Waals surface area contributed by atoms with Crippen molar-refractivity contribution in [2.45, 2.75) is 32.3 Å². The summed E-state index contributed by atoms with van der Waals surface area (Å²) in [6, 6.07) is 1.80. The molecule has 1 aliphatic heterocycles. The third-order valence-electron chi connectivity index (χ3n) is 4.50. The number of piperazine rings is 1. The van der Waals surface area contributed by atoms with Crippen LogP contribution < -0.4 is 0 Å². The zero-order chi connectivity index (χ0) is 17.9. The molecule has 1 amide bonds. The van der Waals surface area contributed by atoms with E-state index in [-0.39, 0.29) is 11.3 Å². The Morgan fingerprint density at radius 1 is 1.38 bits per heavy atom. The van der Waals surface area contributed by atoms with Crippen molar-refractivity contribution in [1.82, 2.24) is 24.9 Å². The Labute approximate surface area is 144 Å². The molecule has 0 saturated carbocycles. The van der Waals surface area contributed by atoms with Crippen molar-refractivity contribution < 1.29 is 9.90 Å². The highest BCUT2D eigenvalue weighted by atomic mass is 16.3. The van der Waals surface area contributed by atoms with Crippen molar-refractivity contribution in [3.05, 3.63) is 17.5 Å². The van der Waals surface area contributed by atoms with Gasteiger partial charge in [-0.2, -0.15) is 5.10 Å². The Kier molecular flexibility index (Phi) is 6.01. The van der Waals surface area contributed by atoms with Crippen LogP contribution in [0.15, 0.2) is 6.07 Å². The number of aromatic nitrogens is 2. The third-order valence-corrected chi connectivity index (χ3v) is 4.50. The number of nitrogens with zero attached hydrogens (tertiary/aromatic N) is 4. The molecule has 1 fully saturated rings. The predicted octanol–water partition coefficient (Wildman–Crippen LogP) is 0.388. The van der Waals surface area contributed by atoms with Gasteiger partial charge in [0, 0.05) is 57.4 Å². The van der Waals surface area contributed by atoms with Crippen LogP contribution in [0.25, 0.3) is 0 Å². The van der Waals surface area contributed by atoms with E-state index in [2.05, 4.69) is 47.8 Å². The van der Waals surface area contributed by atoms with Gasteiger partial charge in [0.25, 0.3) is 5.91 Å². The van der Waals surface area contributed by atoms with Crippen LogP contribution in [0.2, 0.25) is 0 Å². The topological polar surface area (TPSA) is 75.7 Å². The standard InChI is InChI=1S/C17H31N5O2/c1-17(2,3)15-10-14(18-19-15)16(24)21(5)11-13(23)12-22-8-6-20(4)7-9-22/h10,13,23H,6-9,11-12H2,1-5H3,(H,18,19). The van der Waals surface area contributed by atoms with Crippen LogP contribution in [0.5, 0.6) is 0 Å². The van der Waals surface area contributed by atoms with E-state index in [4.69, 9.17) is 0 Å². The van der Waals surface area contributed by atoms with Crippen LogP contribution in [0.3, 0.4) is 0 Å². The Morgan fingerprint density at radius 3 is 2.54 bits per heavy atom. The molecule has 0 aromatic carbocycles. The molecule has 1 saturated heterocycles. The number of aliphatic hydroxyl groups excluding tert-OH is 1. The summed E-state index contributed by atoms with van der Waals surface area (Å²) in [4.78, 5) is 18.5. The Hall–Kier alpha value is -1.44. The van der Waals surface area contributed by atoms with Crippen LogP contribution in [0.4, 0.5) is 0 Å². The molecule has 7 heteroatoms. The Balaban J connectivity index is 1.85. The number of carbonyl (C=O) groups is 1. The van der Waals surface area contributed by atoms with Gasteiger partial charge in [-0.3, -0.25) is 14.8 Å². The molecule has 0 radical (unpaired) electrons. The minimum Gasteiger partial charge on any atom is -0.390 e. The number of carbonyl (C=O) groups excluding carboxylic acids is 1. The number of H-pyrrole nitrogens is 1. The normalized spacial score (nSPS) is 18.6. The second-order valence-electron chi connectivity index (χ2n) is 7.86. The number of likely N-dealkylation sites (N-methyl/N-ethyl adjacent to an activating group) is 2. The van der Waals surface area contributed by atoms with Gasteiger partial charge in [-0.1, -0.05) is 20.8 Å². The van der Waals surface area contributed by atoms with E-state index in [0.717, 1.165) is 31.9 Å². The van der Waals surface area contributed by atoms with Gasteiger partial charge < -0.3 is 14.9 Å². The number of rotatable bonds is 5. The molecular weight excluding hydrogens is 306 g/mol. The number of amides is 1. The largest absolute Gasteiger partial charge is 0.390 e. The van der Waals surface area contributed by atoms with Gasteiger partial charge in [-0.15, -0.1) is 0 Å². The summed E-state index contributed by atoms with van der Waals surface area (Å²) in [5.74, 6) is -0.167. The maximum atomic E-state index is 12.5. The Morgan fingerprint density at radius 2 is 2.00 bits per heavy atom. The molecule has 136 valence electrons. The van der Waals surface area contributed by atoms with E-state index in [0.29, 0.717) is 18.8 Å². The van der Waals surface area contributed by atoms with E-state index in [9.17, 15) is 9.90 Å². The quantitative estimate of drug-likeness (QED) is 0.813. The van der Waals surface area contributed by atoms with Gasteiger partial charge in [0.05, 0.1) is 6.10 Å². The molecule has 24 heavy (non-hydrogen) atoms. The fraction of sp³-hybridized carbons (Fsp3) is 0.765. The molecule has 1 atom stereocenters. The summed E-state index contributed by atoms with van der Waals surface area (Å²) < 4.78 is 0. The van der Waals surface area contributed by atoms with Crippen molar-refractivity contribution in [3.63, 3.8) is 0 Å². The SMILES string of the molecule is CN1CCN(CC(O)CN(C)C(=O)c2cc(C(C)(C)C)[nH]n2)CC1. The van der Waals surface area contributed by atoms with Gasteiger partial charge in [0.15, 0.2) is 0 Å². The molecule has 1 unspecified atom stereocenters. The summed E-state index contributed by atoms with van der Waals surface area (Å²) >= 11 is 0. The lowest BCUT2D eigenvalue weighted by Gasteiger charge is -2.34. The smallest absolute Gasteiger partial charge is 0.274 e. The van der Waals surface area contributed by atoms with Gasteiger partial charge in [-0.25, -0.2) is 0 Å². The Bertz CT molecular complexity index is 543. The lowest BCUT2D eigenvalue weighted by molar-refractivity contribution is 0.0498. The molecule has 2 rings (SSSR count). The molecule has 1 aromatic heterocycles. The number of aliphatic hydroxyl groups is 1. The highest BCUT2D eigenvalue weighted by Gasteiger charge is 2.23. The summed E-state index contributed by atoms with van der Waals surface area (Å²) in [5.41, 5.74) is 1.25. The van der Waals surface area contributed by atoms with Gasteiger partial charge >= 0.3 is 0 Å². The van der Waals surface area contributed by atoms with Crippen LogP contribution in [-0.4, -0.2) is 95.4 Å². The van der Waals surface area contributed by atoms with Gasteiger partial charge in [0.2, 0.25) is 0 Å². The van der Waals surface area contributed by atoms with E-state index in [1.165, 1.54) is 0 Å². The minimum absolute atomic E-state index is 0.0783. The van der Waals surface area contributed by atoms with E-state index >= 15 is 0 Å². The third kappa shape index (κ3) is 5.03. The molecule has 7 nitrogen and oxygen atoms in total. The van der Waals surface area contributed by atoms with Gasteiger partial charge in [-0.05, 0) is 13.1 Å². The predicted molar refractivity (Wildman–Crippen MR) is 94.2 cm³/mol. The van der Waals surface area contributed by atoms with Crippen molar-refractivity contribution in [1.29, 1.82) is 0 Å². The fourth-order valence-electron chi connectivity index (χ4n) is 2.80. The lowest BCUT2D eigenvalue weighted by atomic mass is 9.92. The first-order chi connectivity index (χ1) is 11.2. The van der Waals surface area contributed by atoms with Crippen LogP contribution in [-0.2, 0) is 5.41 Å². The summed E-state index contributed by atoms with van der Waals surface area (Å²) in [5, 5.41) is 17.3. The van der Waals surface area contributed by atoms with Crippen LogP contribution in [0.1, 0.15) is 37.0 Å². The second-order valence-corrected chi connectivity index (χ2v) is 7.86. The summed E-state index contributed by atoms with van der Waals surface area (Å²) in [6.45, 7) is 11.1. The zero-order valence-electron chi connectivity index (χ0n) is 15.5. The highest BCUT2D eigenvalue weighted by molar-refractivity contribution is 5.92. The summed E-state index contributed by atoms with van der Waals surface area (Å²) in [7, 11) is 3.82. The van der Waals surface area contributed by atoms with Crippen LogP contribution in [0, 0.1) is 0 Å². The van der Waals surface area contributed by atoms with Crippen LogP contribution >= 0.6 is 0 Å². The van der Waals surface area contributed by atoms with E-state index in [1.807, 2.05) is 0 Å². The average molecular weight is 337 g/mol. The number of hydrogen-bond donors (Lipinski definition) is 2. The van der Waals surface area contributed by atoms with Gasteiger partial charge in [0.1, 0.15) is 5.69 Å². The maximum absolute atomic E-state index is 12.5. The molecule has 2 N–H and O–H groups in total. The van der Waals surface area contributed by atoms with Crippen molar-refractivity contribution in [2.24, 2.45) is 0 Å². The molecule has 1 aliphatic rings. The van der Waals surface area contributed by atoms with Crippen molar-refractivity contribution in [3.8, 4) is 0 Å². The summed E-state index contributed by atoms with van der Waals surface area (Å²) in [6.07, 6.45) is -0.552. The highest BCUT2D eigenvalue weighted by Crippen LogP contribution is 2.20. The molecule has 0 bridgehead atoms. The van der Waals surface area contributed by atoms with Crippen molar-refractivity contribution in [2.75, 3.05) is 53.4 Å². The molecular formula is C17H31N5O2. The first-order valence-electron chi connectivity index (χ1n) is 8.57. The number of β-amino-alcohol motifs (C(OH)–C–C–N with tert-alkyl or cyclic N) is 1. The lowest BCUT2D eigenvalue weighted by Crippen LogP contribution is -2.49. The van der Waals surface area contributed by atoms with E-state index < -0.39 is 6.10 Å². The maximum Gasteiger partial charge on any atom is 0.274 e. The zero-order valence-corrected chi connectivity index (χ0v) is 15.5. The molecule has 0 aliphatic carbocycles. The van der Waals surface area contributed by atoms with E-state index in [1.54, 1.807) is 18.0 Å². The van der Waals surface area contributed by atoms with Crippen molar-refractivity contribution >= 4 is 5.91 Å². The number of nitrogens with one attached hydrogen (secondary N) is 1. The number of hydrogen-bond acceptors (Lipinski definition) is 5. The second kappa shape index (κ2) is 7.63. The first-order valence-corrected chi connectivity index (χ1v) is 8.57. The minimum atomic E-state index is -0.552. The number of aromatic amines is 1. The molecule has 2 heterocycles. The monoisotopic (exact) mass is 337 g/mol. The molecule has 1 aromatic rings. The first kappa shape index (κ1) is 18.9. The average Bonchev–Trinajstić information content (AvgIpc) is 2.98. The molecule has 0 spiro atoms.